The Balaban J connectivity index is 2.11. The Morgan fingerprint density at radius 1 is 1.33 bits per heavy atom. The van der Waals surface area contributed by atoms with Crippen LogP contribution in [0, 0.1) is 11.2 Å². The molecule has 0 aromatic heterocycles. The van der Waals surface area contributed by atoms with Gasteiger partial charge in [-0.25, -0.2) is 0 Å². The fourth-order valence-electron chi connectivity index (χ4n) is 3.25. The highest BCUT2D eigenvalue weighted by Gasteiger charge is 2.37. The third kappa shape index (κ3) is 1.83. The second-order valence-corrected chi connectivity index (χ2v) is 6.74. The molecule has 0 radical (unpaired) electrons. The predicted molar refractivity (Wildman–Crippen MR) is 78.7 cm³/mol. The zero-order chi connectivity index (χ0) is 12.7. The van der Waals surface area contributed by atoms with Crippen molar-refractivity contribution >= 4 is 22.6 Å². The van der Waals surface area contributed by atoms with Crippen LogP contribution in [-0.4, -0.2) is 18.4 Å². The first-order chi connectivity index (χ1) is 8.69. The van der Waals surface area contributed by atoms with E-state index in [0.29, 0.717) is 11.8 Å². The molecule has 1 nitrogen and oxygen atoms in total. The summed E-state index contributed by atoms with van der Waals surface area (Å²) in [4.78, 5) is 11.2. The van der Waals surface area contributed by atoms with E-state index in [1.165, 1.54) is 30.4 Å². The highest BCUT2D eigenvalue weighted by atomic mass is 32.2. The van der Waals surface area contributed by atoms with Gasteiger partial charge in [0.15, 0.2) is 6.29 Å². The summed E-state index contributed by atoms with van der Waals surface area (Å²) in [7, 11) is -0.153. The van der Waals surface area contributed by atoms with Gasteiger partial charge in [0, 0.05) is 11.1 Å². The number of hydrogen-bond acceptors (Lipinski definition) is 1. The summed E-state index contributed by atoms with van der Waals surface area (Å²) in [6.45, 7) is 0. The minimum absolute atomic E-state index is 0.153. The van der Waals surface area contributed by atoms with Crippen molar-refractivity contribution in [3.05, 3.63) is 34.4 Å². The van der Waals surface area contributed by atoms with Crippen molar-refractivity contribution in [3.8, 4) is 11.2 Å². The highest BCUT2D eigenvalue weighted by molar-refractivity contribution is 8.17. The molecule has 3 rings (SSSR count). The van der Waals surface area contributed by atoms with Gasteiger partial charge < -0.3 is 0 Å². The average Bonchev–Trinajstić information content (AvgIpc) is 2.96. The maximum absolute atomic E-state index is 11.2. The first-order valence-corrected chi connectivity index (χ1v) is 8.09. The van der Waals surface area contributed by atoms with Crippen LogP contribution in [0.1, 0.15) is 58.1 Å². The molecule has 1 aromatic carbocycles. The molecular weight excluding hydrogens is 240 g/mol. The second-order valence-electron chi connectivity index (χ2n) is 5.26. The van der Waals surface area contributed by atoms with Crippen LogP contribution in [0.5, 0.6) is 0 Å². The molecule has 2 aliphatic carbocycles. The third-order valence-corrected chi connectivity index (χ3v) is 4.50. The van der Waals surface area contributed by atoms with Crippen molar-refractivity contribution in [2.24, 2.45) is 0 Å². The lowest BCUT2D eigenvalue weighted by atomic mass is 9.88. The van der Waals surface area contributed by atoms with Crippen LogP contribution in [0.25, 0.3) is 0 Å². The van der Waals surface area contributed by atoms with Crippen LogP contribution in [-0.2, 0) is 0 Å². The molecule has 0 saturated heterocycles. The Labute approximate surface area is 111 Å². The fourth-order valence-corrected chi connectivity index (χ4v) is 3.54. The van der Waals surface area contributed by atoms with Gasteiger partial charge in [-0.15, -0.1) is 10.5 Å². The summed E-state index contributed by atoms with van der Waals surface area (Å²) < 4.78 is 0. The summed E-state index contributed by atoms with van der Waals surface area (Å²) in [5.74, 6) is 8.41. The summed E-state index contributed by atoms with van der Waals surface area (Å²) in [6.07, 6.45) is 6.80. The number of hydrogen-bond donors (Lipinski definition) is 0. The molecule has 1 fully saturated rings. The molecule has 0 heterocycles. The largest absolute Gasteiger partial charge is 0.298 e. The molecule has 3 unspecified atom stereocenters. The van der Waals surface area contributed by atoms with Gasteiger partial charge in [0.1, 0.15) is 0 Å². The number of benzene rings is 1. The van der Waals surface area contributed by atoms with E-state index in [2.05, 4.69) is 29.2 Å². The van der Waals surface area contributed by atoms with E-state index >= 15 is 0 Å². The van der Waals surface area contributed by atoms with Gasteiger partial charge in [-0.2, -0.15) is 0 Å². The van der Waals surface area contributed by atoms with Gasteiger partial charge in [-0.1, -0.05) is 11.8 Å². The van der Waals surface area contributed by atoms with Gasteiger partial charge in [0.25, 0.3) is 0 Å². The van der Waals surface area contributed by atoms with Crippen molar-refractivity contribution in [2.45, 2.75) is 31.1 Å². The topological polar surface area (TPSA) is 17.1 Å². The molecule has 0 aliphatic heterocycles. The van der Waals surface area contributed by atoms with Crippen LogP contribution in [0.2, 0.25) is 0 Å². The summed E-state index contributed by atoms with van der Waals surface area (Å²) in [6, 6.07) is 4.23. The molecule has 92 valence electrons. The van der Waals surface area contributed by atoms with E-state index < -0.39 is 0 Å². The number of aldehydes is 1. The van der Waals surface area contributed by atoms with Gasteiger partial charge >= 0.3 is 0 Å². The van der Waals surface area contributed by atoms with Gasteiger partial charge in [-0.3, -0.25) is 4.79 Å². The van der Waals surface area contributed by atoms with Crippen molar-refractivity contribution < 1.29 is 4.79 Å². The van der Waals surface area contributed by atoms with Crippen LogP contribution < -0.4 is 0 Å². The summed E-state index contributed by atoms with van der Waals surface area (Å²) in [5.41, 5.74) is 4.49. The monoisotopic (exact) mass is 256 g/mol. The molecule has 2 bridgehead atoms. The van der Waals surface area contributed by atoms with E-state index in [1.807, 2.05) is 6.26 Å². The van der Waals surface area contributed by atoms with Gasteiger partial charge in [0.2, 0.25) is 0 Å². The van der Waals surface area contributed by atoms with E-state index in [9.17, 15) is 4.79 Å². The standard InChI is InChI=1S/C16H16OS/c1-18(2)6-5-11-8-15-12-3-4-13(7-12)16(15)9-14(11)10-17/h8-10,12-13H,1,3-4,7H2,2H3. The highest BCUT2D eigenvalue weighted by Crippen LogP contribution is 2.53. The maximum atomic E-state index is 11.2. The quantitative estimate of drug-likeness (QED) is 0.427. The van der Waals surface area contributed by atoms with Gasteiger partial charge in [0.05, 0.1) is 0 Å². The van der Waals surface area contributed by atoms with Crippen molar-refractivity contribution in [1.29, 1.82) is 0 Å². The Morgan fingerprint density at radius 3 is 2.61 bits per heavy atom. The van der Waals surface area contributed by atoms with E-state index in [4.69, 9.17) is 0 Å². The molecule has 2 heteroatoms. The number of carbonyl (C=O) groups is 1. The van der Waals surface area contributed by atoms with Crippen molar-refractivity contribution in [1.82, 2.24) is 0 Å². The van der Waals surface area contributed by atoms with Gasteiger partial charge in [-0.05, 0) is 65.9 Å². The Kier molecular flexibility index (Phi) is 2.87. The number of fused-ring (bicyclic) bond motifs is 5. The first kappa shape index (κ1) is 11.7. The van der Waals surface area contributed by atoms with Crippen LogP contribution >= 0.6 is 10.5 Å². The molecule has 0 N–H and O–H groups in total. The average molecular weight is 256 g/mol. The van der Waals surface area contributed by atoms with E-state index in [0.717, 1.165) is 17.4 Å². The fraction of sp³-hybridized carbons (Fsp3) is 0.375. The molecule has 18 heavy (non-hydrogen) atoms. The van der Waals surface area contributed by atoms with E-state index in [-0.39, 0.29) is 10.5 Å². The second kappa shape index (κ2) is 4.40. The Bertz CT molecular complexity index is 604. The predicted octanol–water partition coefficient (Wildman–Crippen LogP) is 3.50. The van der Waals surface area contributed by atoms with E-state index in [1.54, 1.807) is 0 Å². The number of rotatable bonds is 1. The smallest absolute Gasteiger partial charge is 0.151 e. The molecule has 0 spiro atoms. The minimum Gasteiger partial charge on any atom is -0.298 e. The van der Waals surface area contributed by atoms with Crippen LogP contribution in [0.4, 0.5) is 0 Å². The summed E-state index contributed by atoms with van der Waals surface area (Å²) in [5, 5.41) is 3.08. The van der Waals surface area contributed by atoms with Crippen LogP contribution in [0.15, 0.2) is 12.1 Å². The van der Waals surface area contributed by atoms with Crippen LogP contribution in [0.3, 0.4) is 0 Å². The third-order valence-electron chi connectivity index (χ3n) is 4.05. The SMILES string of the molecule is C=S(C)C#Cc1cc2c(cc1C=O)C1CCC2C1. The Hall–Kier alpha value is -1.33. The normalized spacial score (nSPS) is 25.2. The zero-order valence-electron chi connectivity index (χ0n) is 10.5. The zero-order valence-corrected chi connectivity index (χ0v) is 11.3. The molecule has 1 saturated carbocycles. The lowest BCUT2D eigenvalue weighted by Crippen LogP contribution is -2.01. The lowest BCUT2D eigenvalue weighted by molar-refractivity contribution is 0.112. The molecule has 0 amide bonds. The first-order valence-electron chi connectivity index (χ1n) is 6.29. The molecule has 3 atom stereocenters. The molecule has 2 aliphatic rings. The summed E-state index contributed by atoms with van der Waals surface area (Å²) >= 11 is 0. The maximum Gasteiger partial charge on any atom is 0.151 e. The van der Waals surface area contributed by atoms with Crippen molar-refractivity contribution in [2.75, 3.05) is 6.26 Å². The van der Waals surface area contributed by atoms with Crippen molar-refractivity contribution in [3.63, 3.8) is 0 Å². The minimum atomic E-state index is -0.153. The molecular formula is C16H16OS. The lowest BCUT2D eigenvalue weighted by Gasteiger charge is -2.16. The number of carbonyl (C=O) groups excluding carboxylic acids is 1. The molecule has 1 aromatic rings. The Morgan fingerprint density at radius 2 is 2.00 bits per heavy atom.